The lowest BCUT2D eigenvalue weighted by atomic mass is 10.1. The Morgan fingerprint density at radius 3 is 2.56 bits per heavy atom. The summed E-state index contributed by atoms with van der Waals surface area (Å²) < 4.78 is 83.9. The maximum atomic E-state index is 14.2. The largest absolute Gasteiger partial charge is 0.435 e. The van der Waals surface area contributed by atoms with E-state index in [1.807, 2.05) is 0 Å². The van der Waals surface area contributed by atoms with Gasteiger partial charge in [0, 0.05) is 31.3 Å². The third-order valence-corrected chi connectivity index (χ3v) is 7.50. The van der Waals surface area contributed by atoms with Crippen molar-refractivity contribution >= 4 is 15.9 Å². The van der Waals surface area contributed by atoms with Gasteiger partial charge in [0.15, 0.2) is 0 Å². The molecule has 3 aromatic rings. The fourth-order valence-corrected chi connectivity index (χ4v) is 5.59. The number of carbonyl (C=O) groups excluding carboxylic acids is 1. The number of alkyl halides is 3. The fourth-order valence-electron chi connectivity index (χ4n) is 3.90. The summed E-state index contributed by atoms with van der Waals surface area (Å²) in [6.07, 6.45) is -0.441. The van der Waals surface area contributed by atoms with Gasteiger partial charge >= 0.3 is 6.61 Å². The van der Waals surface area contributed by atoms with Crippen LogP contribution in [0.25, 0.3) is 11.3 Å². The minimum Gasteiger partial charge on any atom is -0.435 e. The van der Waals surface area contributed by atoms with Crippen molar-refractivity contribution in [3.63, 3.8) is 0 Å². The highest BCUT2D eigenvalue weighted by Gasteiger charge is 2.44. The van der Waals surface area contributed by atoms with Crippen molar-refractivity contribution < 1.29 is 35.5 Å². The van der Waals surface area contributed by atoms with E-state index in [2.05, 4.69) is 15.0 Å². The molecule has 1 N–H and O–H groups in total. The summed E-state index contributed by atoms with van der Waals surface area (Å²) in [5.74, 6) is -1.71. The maximum absolute atomic E-state index is 14.2. The lowest BCUT2D eigenvalue weighted by Crippen LogP contribution is -2.45. The normalized spacial score (nSPS) is 18.4. The summed E-state index contributed by atoms with van der Waals surface area (Å²) in [5, 5.41) is 2.60. The highest BCUT2D eigenvalue weighted by molar-refractivity contribution is 7.89. The van der Waals surface area contributed by atoms with Gasteiger partial charge in [-0.15, -0.1) is 0 Å². The van der Waals surface area contributed by atoms with Gasteiger partial charge in [-0.25, -0.2) is 17.2 Å². The number of pyridine rings is 1. The van der Waals surface area contributed by atoms with Crippen LogP contribution in [0, 0.1) is 5.82 Å². The highest BCUT2D eigenvalue weighted by atomic mass is 32.2. The van der Waals surface area contributed by atoms with Gasteiger partial charge in [0.05, 0.1) is 5.69 Å². The van der Waals surface area contributed by atoms with Crippen molar-refractivity contribution in [2.24, 2.45) is 0 Å². The van der Waals surface area contributed by atoms with Gasteiger partial charge in [-0.1, -0.05) is 12.1 Å². The molecule has 0 radical (unpaired) electrons. The Hall–Kier alpha value is -3.51. The van der Waals surface area contributed by atoms with Gasteiger partial charge in [-0.3, -0.25) is 9.78 Å². The number of amides is 1. The first-order valence-electron chi connectivity index (χ1n) is 10.8. The van der Waals surface area contributed by atoms with Crippen LogP contribution in [0.5, 0.6) is 5.75 Å². The fraction of sp³-hybridized carbons (Fsp3) is 0.250. The van der Waals surface area contributed by atoms with Gasteiger partial charge in [0.1, 0.15) is 28.7 Å². The van der Waals surface area contributed by atoms with Gasteiger partial charge in [-0.2, -0.15) is 13.1 Å². The standard InChI is InChI=1S/C24H21F4N3O4S/c25-17-12-21(31(14-17)36(33,34)22-4-2-1-3-19(22)26)23(32)30-13-15-9-10-29-20(11-15)16-5-7-18(8-6-16)35-24(27)28/h1-11,17,21,24H,12-14H2,(H,30,32)/t17-,21+/m1/s1. The topological polar surface area (TPSA) is 88.6 Å². The Labute approximate surface area is 204 Å². The van der Waals surface area contributed by atoms with Crippen LogP contribution in [0.15, 0.2) is 71.8 Å². The first kappa shape index (κ1) is 25.6. The average Bonchev–Trinajstić information content (AvgIpc) is 3.26. The van der Waals surface area contributed by atoms with E-state index in [1.165, 1.54) is 30.5 Å². The van der Waals surface area contributed by atoms with Crippen LogP contribution in [0.2, 0.25) is 0 Å². The molecular weight excluding hydrogens is 502 g/mol. The summed E-state index contributed by atoms with van der Waals surface area (Å²) in [6.45, 7) is -3.51. The van der Waals surface area contributed by atoms with E-state index < -0.39 is 52.0 Å². The van der Waals surface area contributed by atoms with E-state index in [1.54, 1.807) is 24.3 Å². The molecule has 1 fully saturated rings. The Morgan fingerprint density at radius 1 is 1.14 bits per heavy atom. The Kier molecular flexibility index (Phi) is 7.55. The molecule has 2 aromatic carbocycles. The van der Waals surface area contributed by atoms with Crippen LogP contribution >= 0.6 is 0 Å². The summed E-state index contributed by atoms with van der Waals surface area (Å²) in [4.78, 5) is 16.5. The molecule has 0 saturated carbocycles. The van der Waals surface area contributed by atoms with E-state index in [4.69, 9.17) is 0 Å². The molecule has 1 saturated heterocycles. The molecule has 12 heteroatoms. The molecule has 36 heavy (non-hydrogen) atoms. The maximum Gasteiger partial charge on any atom is 0.387 e. The SMILES string of the molecule is O=C(NCc1ccnc(-c2ccc(OC(F)F)cc2)c1)[C@@H]1C[C@@H](F)CN1S(=O)(=O)c1ccccc1F. The van der Waals surface area contributed by atoms with Crippen LogP contribution in [0.3, 0.4) is 0 Å². The van der Waals surface area contributed by atoms with Crippen LogP contribution in [0.4, 0.5) is 17.6 Å². The Morgan fingerprint density at radius 2 is 1.86 bits per heavy atom. The molecular formula is C24H21F4N3O4S. The van der Waals surface area contributed by atoms with E-state index in [0.717, 1.165) is 12.1 Å². The number of hydrogen-bond donors (Lipinski definition) is 1. The lowest BCUT2D eigenvalue weighted by molar-refractivity contribution is -0.124. The van der Waals surface area contributed by atoms with E-state index in [-0.39, 0.29) is 18.7 Å². The minimum atomic E-state index is -4.44. The molecule has 2 heterocycles. The number of carbonyl (C=O) groups is 1. The molecule has 1 aliphatic heterocycles. The van der Waals surface area contributed by atoms with Crippen molar-refractivity contribution in [2.75, 3.05) is 6.54 Å². The molecule has 7 nitrogen and oxygen atoms in total. The third kappa shape index (κ3) is 5.65. The van der Waals surface area contributed by atoms with Gasteiger partial charge in [0.2, 0.25) is 15.9 Å². The van der Waals surface area contributed by atoms with Crippen LogP contribution in [-0.2, 0) is 21.4 Å². The predicted molar refractivity (Wildman–Crippen MR) is 122 cm³/mol. The summed E-state index contributed by atoms with van der Waals surface area (Å²) in [6, 6.07) is 12.5. The number of benzene rings is 2. The summed E-state index contributed by atoms with van der Waals surface area (Å²) >= 11 is 0. The molecule has 1 aliphatic rings. The zero-order valence-corrected chi connectivity index (χ0v) is 19.5. The number of nitrogens with one attached hydrogen (secondary N) is 1. The molecule has 0 spiro atoms. The number of sulfonamides is 1. The zero-order valence-electron chi connectivity index (χ0n) is 18.7. The number of aromatic nitrogens is 1. The van der Waals surface area contributed by atoms with E-state index >= 15 is 0 Å². The predicted octanol–water partition coefficient (Wildman–Crippen LogP) is 3.91. The molecule has 0 unspecified atom stereocenters. The van der Waals surface area contributed by atoms with Crippen molar-refractivity contribution in [1.82, 2.24) is 14.6 Å². The van der Waals surface area contributed by atoms with Gasteiger partial charge in [-0.05, 0) is 54.1 Å². The molecule has 1 amide bonds. The molecule has 190 valence electrons. The molecule has 4 rings (SSSR count). The molecule has 0 bridgehead atoms. The first-order valence-corrected chi connectivity index (χ1v) is 12.3. The van der Waals surface area contributed by atoms with Crippen LogP contribution in [0.1, 0.15) is 12.0 Å². The smallest absolute Gasteiger partial charge is 0.387 e. The van der Waals surface area contributed by atoms with Crippen molar-refractivity contribution in [1.29, 1.82) is 0 Å². The number of hydrogen-bond acceptors (Lipinski definition) is 5. The number of rotatable bonds is 8. The lowest BCUT2D eigenvalue weighted by Gasteiger charge is -2.23. The third-order valence-electron chi connectivity index (χ3n) is 5.60. The second-order valence-corrected chi connectivity index (χ2v) is 9.88. The second-order valence-electron chi connectivity index (χ2n) is 8.02. The number of halogens is 4. The zero-order chi connectivity index (χ0) is 25.9. The van der Waals surface area contributed by atoms with Crippen molar-refractivity contribution in [2.45, 2.75) is 36.7 Å². The van der Waals surface area contributed by atoms with Gasteiger partial charge < -0.3 is 10.1 Å². The summed E-state index contributed by atoms with van der Waals surface area (Å²) in [7, 11) is -4.44. The second kappa shape index (κ2) is 10.6. The first-order chi connectivity index (χ1) is 17.1. The van der Waals surface area contributed by atoms with Gasteiger partial charge in [0.25, 0.3) is 0 Å². The molecule has 2 atom stereocenters. The quantitative estimate of drug-likeness (QED) is 0.453. The average molecular weight is 524 g/mol. The van der Waals surface area contributed by atoms with E-state index in [0.29, 0.717) is 21.1 Å². The monoisotopic (exact) mass is 523 g/mol. The number of nitrogens with zero attached hydrogens (tertiary/aromatic N) is 2. The molecule has 1 aromatic heterocycles. The Bertz CT molecular complexity index is 1340. The minimum absolute atomic E-state index is 0.00482. The summed E-state index contributed by atoms with van der Waals surface area (Å²) in [5.41, 5.74) is 1.72. The highest BCUT2D eigenvalue weighted by Crippen LogP contribution is 2.29. The van der Waals surface area contributed by atoms with Crippen LogP contribution in [-0.4, -0.2) is 49.0 Å². The Balaban J connectivity index is 1.46. The number of ether oxygens (including phenoxy) is 1. The molecule has 0 aliphatic carbocycles. The van der Waals surface area contributed by atoms with Crippen molar-refractivity contribution in [3.05, 3.63) is 78.2 Å². The van der Waals surface area contributed by atoms with Crippen LogP contribution < -0.4 is 10.1 Å². The van der Waals surface area contributed by atoms with E-state index in [9.17, 15) is 30.8 Å². The van der Waals surface area contributed by atoms with Crippen molar-refractivity contribution in [3.8, 4) is 17.0 Å².